The van der Waals surface area contributed by atoms with Crippen LogP contribution in [0.3, 0.4) is 0 Å². The molecule has 0 aromatic heterocycles. The van der Waals surface area contributed by atoms with Crippen LogP contribution in [0.25, 0.3) is 0 Å². The number of fused-ring (bicyclic) bond motifs is 1. The third-order valence-corrected chi connectivity index (χ3v) is 6.86. The predicted octanol–water partition coefficient (Wildman–Crippen LogP) is 1.97. The van der Waals surface area contributed by atoms with Crippen LogP contribution in [-0.2, 0) is 14.4 Å². The summed E-state index contributed by atoms with van der Waals surface area (Å²) in [5.74, 6) is -0.792. The maximum atomic E-state index is 12.8. The molecule has 3 N–H and O–H groups in total. The van der Waals surface area contributed by atoms with E-state index >= 15 is 0 Å². The van der Waals surface area contributed by atoms with E-state index in [4.69, 9.17) is 0 Å². The third kappa shape index (κ3) is 4.16. The zero-order chi connectivity index (χ0) is 23.0. The van der Waals surface area contributed by atoms with Crippen molar-refractivity contribution in [1.29, 1.82) is 0 Å². The molecule has 3 aliphatic rings. The molecule has 172 valence electrons. The van der Waals surface area contributed by atoms with Crippen molar-refractivity contribution in [3.63, 3.8) is 0 Å². The SMILES string of the molecule is CC(C)NC(=O)[C@@H]1[C@@H]2C(=O)NN=C(c3ccccc3NC(=O)CN3CCC[C@H](C)C3)[C@]12C. The molecule has 8 heteroatoms. The van der Waals surface area contributed by atoms with Crippen LogP contribution >= 0.6 is 0 Å². The number of rotatable bonds is 6. The second-order valence-corrected chi connectivity index (χ2v) is 9.91. The fraction of sp³-hybridized carbons (Fsp3) is 0.583. The second kappa shape index (κ2) is 8.65. The first kappa shape index (κ1) is 22.5. The number of para-hydroxylation sites is 1. The van der Waals surface area contributed by atoms with Crippen molar-refractivity contribution in [2.24, 2.45) is 28.3 Å². The summed E-state index contributed by atoms with van der Waals surface area (Å²) in [4.78, 5) is 40.3. The number of piperidine rings is 1. The molecule has 1 aromatic carbocycles. The molecule has 2 heterocycles. The molecule has 2 fully saturated rings. The van der Waals surface area contributed by atoms with Crippen LogP contribution in [0.5, 0.6) is 0 Å². The molecule has 1 saturated heterocycles. The lowest BCUT2D eigenvalue weighted by molar-refractivity contribution is -0.127. The highest BCUT2D eigenvalue weighted by Crippen LogP contribution is 2.62. The normalized spacial score (nSPS) is 29.6. The van der Waals surface area contributed by atoms with Gasteiger partial charge >= 0.3 is 0 Å². The van der Waals surface area contributed by atoms with Crippen molar-refractivity contribution < 1.29 is 14.4 Å². The fourth-order valence-electron chi connectivity index (χ4n) is 5.30. The molecular weight excluding hydrogens is 406 g/mol. The smallest absolute Gasteiger partial charge is 0.245 e. The number of carbonyl (C=O) groups excluding carboxylic acids is 3. The van der Waals surface area contributed by atoms with E-state index in [9.17, 15) is 14.4 Å². The lowest BCUT2D eigenvalue weighted by Gasteiger charge is -2.30. The lowest BCUT2D eigenvalue weighted by atomic mass is 9.89. The van der Waals surface area contributed by atoms with Crippen LogP contribution in [0.4, 0.5) is 5.69 Å². The zero-order valence-electron chi connectivity index (χ0n) is 19.3. The molecule has 1 aromatic rings. The van der Waals surface area contributed by atoms with E-state index in [-0.39, 0.29) is 23.8 Å². The van der Waals surface area contributed by atoms with Gasteiger partial charge in [-0.05, 0) is 45.2 Å². The molecular formula is C24H33N5O3. The minimum Gasteiger partial charge on any atom is -0.354 e. The number of amides is 3. The van der Waals surface area contributed by atoms with Crippen LogP contribution in [0, 0.1) is 23.2 Å². The van der Waals surface area contributed by atoms with Crippen LogP contribution in [0.2, 0.25) is 0 Å². The Bertz CT molecular complexity index is 959. The Labute approximate surface area is 189 Å². The first-order valence-electron chi connectivity index (χ1n) is 11.5. The van der Waals surface area contributed by atoms with Crippen molar-refractivity contribution in [2.45, 2.75) is 46.6 Å². The molecule has 0 spiro atoms. The highest BCUT2D eigenvalue weighted by molar-refractivity contribution is 6.19. The first-order valence-corrected chi connectivity index (χ1v) is 11.5. The number of likely N-dealkylation sites (tertiary alicyclic amines) is 1. The molecule has 0 bridgehead atoms. The van der Waals surface area contributed by atoms with Crippen LogP contribution in [0.1, 0.15) is 46.1 Å². The number of benzene rings is 1. The number of nitrogens with one attached hydrogen (secondary N) is 3. The summed E-state index contributed by atoms with van der Waals surface area (Å²) in [6.07, 6.45) is 2.32. The van der Waals surface area contributed by atoms with Gasteiger partial charge in [0.25, 0.3) is 0 Å². The van der Waals surface area contributed by atoms with Crippen molar-refractivity contribution in [3.05, 3.63) is 29.8 Å². The van der Waals surface area contributed by atoms with E-state index in [2.05, 4.69) is 33.0 Å². The Hall–Kier alpha value is -2.74. The summed E-state index contributed by atoms with van der Waals surface area (Å²) < 4.78 is 0. The van der Waals surface area contributed by atoms with Gasteiger partial charge in [0, 0.05) is 29.3 Å². The van der Waals surface area contributed by atoms with Crippen molar-refractivity contribution in [3.8, 4) is 0 Å². The van der Waals surface area contributed by atoms with Gasteiger partial charge in [-0.25, -0.2) is 5.43 Å². The summed E-state index contributed by atoms with van der Waals surface area (Å²) in [5, 5.41) is 10.3. The Morgan fingerprint density at radius 2 is 2.06 bits per heavy atom. The van der Waals surface area contributed by atoms with Crippen LogP contribution < -0.4 is 16.1 Å². The van der Waals surface area contributed by atoms with E-state index in [1.807, 2.05) is 45.0 Å². The average Bonchev–Trinajstić information content (AvgIpc) is 3.36. The molecule has 1 aliphatic carbocycles. The average molecular weight is 440 g/mol. The second-order valence-electron chi connectivity index (χ2n) is 9.91. The number of hydrazone groups is 1. The van der Waals surface area contributed by atoms with Crippen molar-refractivity contribution in [2.75, 3.05) is 25.0 Å². The van der Waals surface area contributed by atoms with Gasteiger partial charge in [-0.15, -0.1) is 0 Å². The summed E-state index contributed by atoms with van der Waals surface area (Å²) in [6, 6.07) is 7.45. The summed E-state index contributed by atoms with van der Waals surface area (Å²) >= 11 is 0. The molecule has 0 radical (unpaired) electrons. The summed E-state index contributed by atoms with van der Waals surface area (Å²) in [6.45, 7) is 10.1. The topological polar surface area (TPSA) is 103 Å². The van der Waals surface area contributed by atoms with Gasteiger partial charge in [-0.2, -0.15) is 5.10 Å². The maximum Gasteiger partial charge on any atom is 0.245 e. The summed E-state index contributed by atoms with van der Waals surface area (Å²) in [5.41, 5.74) is 3.90. The monoisotopic (exact) mass is 439 g/mol. The van der Waals surface area contributed by atoms with Gasteiger partial charge < -0.3 is 10.6 Å². The zero-order valence-corrected chi connectivity index (χ0v) is 19.3. The fourth-order valence-corrected chi connectivity index (χ4v) is 5.30. The Kier molecular flexibility index (Phi) is 6.07. The highest BCUT2D eigenvalue weighted by Gasteiger charge is 2.72. The molecule has 4 atom stereocenters. The molecule has 1 saturated carbocycles. The summed E-state index contributed by atoms with van der Waals surface area (Å²) in [7, 11) is 0. The molecule has 0 unspecified atom stereocenters. The molecule has 32 heavy (non-hydrogen) atoms. The van der Waals surface area contributed by atoms with Crippen molar-refractivity contribution in [1.82, 2.24) is 15.6 Å². The molecule has 3 amide bonds. The maximum absolute atomic E-state index is 12.8. The van der Waals surface area contributed by atoms with E-state index in [0.717, 1.165) is 25.1 Å². The van der Waals surface area contributed by atoms with E-state index in [1.165, 1.54) is 6.42 Å². The quantitative estimate of drug-likeness (QED) is 0.631. The number of hydrogen-bond donors (Lipinski definition) is 3. The third-order valence-electron chi connectivity index (χ3n) is 6.86. The Morgan fingerprint density at radius 3 is 2.78 bits per heavy atom. The molecule has 2 aliphatic heterocycles. The van der Waals surface area contributed by atoms with E-state index in [1.54, 1.807) is 0 Å². The van der Waals surface area contributed by atoms with Gasteiger partial charge in [0.1, 0.15) is 0 Å². The van der Waals surface area contributed by atoms with Crippen molar-refractivity contribution >= 4 is 29.1 Å². The van der Waals surface area contributed by atoms with Gasteiger partial charge in [0.2, 0.25) is 17.7 Å². The largest absolute Gasteiger partial charge is 0.354 e. The first-order chi connectivity index (χ1) is 15.2. The van der Waals surface area contributed by atoms with Gasteiger partial charge in [0.05, 0.1) is 24.1 Å². The number of nitrogens with zero attached hydrogens (tertiary/aromatic N) is 2. The van der Waals surface area contributed by atoms with E-state index < -0.39 is 17.3 Å². The van der Waals surface area contributed by atoms with Crippen LogP contribution in [0.15, 0.2) is 29.4 Å². The van der Waals surface area contributed by atoms with Gasteiger partial charge in [-0.1, -0.05) is 32.0 Å². The Morgan fingerprint density at radius 1 is 1.31 bits per heavy atom. The van der Waals surface area contributed by atoms with Gasteiger partial charge in [0.15, 0.2) is 0 Å². The predicted molar refractivity (Wildman–Crippen MR) is 123 cm³/mol. The lowest BCUT2D eigenvalue weighted by Crippen LogP contribution is -2.40. The molecule has 4 rings (SSSR count). The van der Waals surface area contributed by atoms with Crippen LogP contribution in [-0.4, -0.2) is 54.0 Å². The number of hydrogen-bond acceptors (Lipinski definition) is 5. The standard InChI is InChI=1S/C24H33N5O3/c1-14(2)25-22(31)19-20-23(32)28-27-21(24(19,20)4)16-9-5-6-10-17(16)26-18(30)13-29-11-7-8-15(3)12-29/h5-6,9-10,14-15,19-20H,7-8,11-13H2,1-4H3,(H,25,31)(H,26,30)(H,28,32)/t15-,19-,20+,24+/m0/s1. The van der Waals surface area contributed by atoms with Gasteiger partial charge in [-0.3, -0.25) is 19.3 Å². The minimum absolute atomic E-state index is 0.0127. The highest BCUT2D eigenvalue weighted by atomic mass is 16.2. The Balaban J connectivity index is 1.55. The molecule has 8 nitrogen and oxygen atoms in total. The number of carbonyl (C=O) groups is 3. The minimum atomic E-state index is -0.704. The number of anilines is 1. The van der Waals surface area contributed by atoms with E-state index in [0.29, 0.717) is 23.9 Å².